The molecule has 4 nitrogen and oxygen atoms in total. The normalized spacial score (nSPS) is 14.0. The molecule has 0 saturated carbocycles. The maximum absolute atomic E-state index is 13.1. The molecule has 1 heterocycles. The lowest BCUT2D eigenvalue weighted by Crippen LogP contribution is -2.15. The van der Waals surface area contributed by atoms with Crippen LogP contribution in [0, 0.1) is 0 Å². The lowest BCUT2D eigenvalue weighted by Gasteiger charge is -2.11. The number of benzene rings is 2. The van der Waals surface area contributed by atoms with Crippen LogP contribution >= 0.6 is 11.3 Å². The molecule has 0 aliphatic heterocycles. The van der Waals surface area contributed by atoms with Gasteiger partial charge in [-0.3, -0.25) is 4.79 Å². The van der Waals surface area contributed by atoms with E-state index >= 15 is 0 Å². The summed E-state index contributed by atoms with van der Waals surface area (Å²) in [4.78, 5) is 26.8. The zero-order chi connectivity index (χ0) is 19.5. The maximum Gasteiger partial charge on any atom is 0.341 e. The first-order valence-corrected chi connectivity index (χ1v) is 10.5. The van der Waals surface area contributed by atoms with Crippen LogP contribution in [-0.2, 0) is 17.6 Å². The number of methoxy groups -OCH3 is 1. The van der Waals surface area contributed by atoms with Crippen molar-refractivity contribution >= 4 is 39.0 Å². The van der Waals surface area contributed by atoms with Crippen LogP contribution in [0.25, 0.3) is 10.8 Å². The molecule has 0 unspecified atom stereocenters. The van der Waals surface area contributed by atoms with E-state index in [0.29, 0.717) is 16.1 Å². The molecule has 0 atom stereocenters. The van der Waals surface area contributed by atoms with Crippen molar-refractivity contribution in [2.75, 3.05) is 12.4 Å². The van der Waals surface area contributed by atoms with Gasteiger partial charge in [0.25, 0.3) is 5.91 Å². The molecule has 1 aromatic heterocycles. The predicted molar refractivity (Wildman–Crippen MR) is 113 cm³/mol. The van der Waals surface area contributed by atoms with E-state index in [1.54, 1.807) is 0 Å². The number of fused-ring (bicyclic) bond motifs is 2. The Morgan fingerprint density at radius 1 is 0.964 bits per heavy atom. The summed E-state index contributed by atoms with van der Waals surface area (Å²) in [5.74, 6) is -0.567. The fourth-order valence-electron chi connectivity index (χ4n) is 3.92. The van der Waals surface area contributed by atoms with Gasteiger partial charge in [0.2, 0.25) is 0 Å². The summed E-state index contributed by atoms with van der Waals surface area (Å²) in [6.45, 7) is 0. The summed E-state index contributed by atoms with van der Waals surface area (Å²) in [5.41, 5.74) is 2.21. The molecule has 0 radical (unpaired) electrons. The van der Waals surface area contributed by atoms with Crippen LogP contribution < -0.4 is 5.32 Å². The number of amides is 1. The van der Waals surface area contributed by atoms with Gasteiger partial charge in [0.15, 0.2) is 0 Å². The van der Waals surface area contributed by atoms with E-state index in [-0.39, 0.29) is 11.9 Å². The quantitative estimate of drug-likeness (QED) is 0.589. The monoisotopic (exact) mass is 393 g/mol. The Labute approximate surface area is 168 Å². The molecule has 28 heavy (non-hydrogen) atoms. The minimum Gasteiger partial charge on any atom is -0.465 e. The molecule has 1 aliphatic rings. The van der Waals surface area contributed by atoms with Gasteiger partial charge < -0.3 is 10.1 Å². The maximum atomic E-state index is 13.1. The van der Waals surface area contributed by atoms with Gasteiger partial charge in [0, 0.05) is 10.4 Å². The molecule has 0 bridgehead atoms. The van der Waals surface area contributed by atoms with Crippen LogP contribution in [0.15, 0.2) is 42.5 Å². The second-order valence-electron chi connectivity index (χ2n) is 7.09. The number of aryl methyl sites for hydroxylation is 1. The van der Waals surface area contributed by atoms with Crippen molar-refractivity contribution < 1.29 is 14.3 Å². The van der Waals surface area contributed by atoms with E-state index < -0.39 is 0 Å². The number of thiophene rings is 1. The number of anilines is 1. The topological polar surface area (TPSA) is 55.4 Å². The van der Waals surface area contributed by atoms with Crippen molar-refractivity contribution in [2.24, 2.45) is 0 Å². The standard InChI is InChI=1S/C23H23NO3S/c1-27-23(26)20-18-12-4-2-3-5-14-19(18)28-22(20)24-21(25)17-13-8-10-15-9-6-7-11-16(15)17/h6-11,13H,2-5,12,14H2,1H3,(H,24,25). The minimum atomic E-state index is -0.369. The lowest BCUT2D eigenvalue weighted by molar-refractivity contribution is 0.0601. The Kier molecular flexibility index (Phi) is 5.44. The van der Waals surface area contributed by atoms with Gasteiger partial charge in [0.05, 0.1) is 12.7 Å². The smallest absolute Gasteiger partial charge is 0.341 e. The third-order valence-corrected chi connectivity index (χ3v) is 6.53. The number of carbonyl (C=O) groups excluding carboxylic acids is 2. The lowest BCUT2D eigenvalue weighted by atomic mass is 9.96. The number of carbonyl (C=O) groups is 2. The van der Waals surface area contributed by atoms with E-state index in [2.05, 4.69) is 5.32 Å². The fourth-order valence-corrected chi connectivity index (χ4v) is 5.19. The van der Waals surface area contributed by atoms with Crippen LogP contribution in [0.1, 0.15) is 56.8 Å². The van der Waals surface area contributed by atoms with Gasteiger partial charge in [-0.25, -0.2) is 4.79 Å². The first-order valence-electron chi connectivity index (χ1n) is 9.71. The summed E-state index contributed by atoms with van der Waals surface area (Å²) >= 11 is 1.52. The van der Waals surface area contributed by atoms with Gasteiger partial charge in [-0.15, -0.1) is 11.3 Å². The van der Waals surface area contributed by atoms with E-state index in [1.165, 1.54) is 36.2 Å². The second-order valence-corrected chi connectivity index (χ2v) is 8.20. The highest BCUT2D eigenvalue weighted by atomic mass is 32.1. The Morgan fingerprint density at radius 3 is 2.54 bits per heavy atom. The van der Waals surface area contributed by atoms with Crippen molar-refractivity contribution in [3.05, 3.63) is 64.0 Å². The average Bonchev–Trinajstić information content (AvgIpc) is 3.02. The largest absolute Gasteiger partial charge is 0.465 e. The third kappa shape index (κ3) is 3.54. The van der Waals surface area contributed by atoms with Crippen LogP contribution in [0.3, 0.4) is 0 Å². The Balaban J connectivity index is 1.73. The van der Waals surface area contributed by atoms with E-state index in [9.17, 15) is 9.59 Å². The number of rotatable bonds is 3. The first kappa shape index (κ1) is 18.7. The van der Waals surface area contributed by atoms with Crippen LogP contribution in [0.2, 0.25) is 0 Å². The highest BCUT2D eigenvalue weighted by molar-refractivity contribution is 7.17. The van der Waals surface area contributed by atoms with Crippen LogP contribution in [0.5, 0.6) is 0 Å². The molecule has 3 aromatic rings. The SMILES string of the molecule is COC(=O)c1c(NC(=O)c2cccc3ccccc23)sc2c1CCCCCC2. The molecule has 0 saturated heterocycles. The van der Waals surface area contributed by atoms with Gasteiger partial charge in [-0.1, -0.05) is 49.2 Å². The fraction of sp³-hybridized carbons (Fsp3) is 0.304. The van der Waals surface area contributed by atoms with Crippen molar-refractivity contribution in [1.29, 1.82) is 0 Å². The van der Waals surface area contributed by atoms with Crippen molar-refractivity contribution in [3.63, 3.8) is 0 Å². The Hall–Kier alpha value is -2.66. The highest BCUT2D eigenvalue weighted by Gasteiger charge is 2.26. The zero-order valence-electron chi connectivity index (χ0n) is 15.9. The Bertz CT molecular complexity index is 1030. The Morgan fingerprint density at radius 2 is 1.71 bits per heavy atom. The van der Waals surface area contributed by atoms with Crippen molar-refractivity contribution in [3.8, 4) is 0 Å². The molecule has 0 spiro atoms. The zero-order valence-corrected chi connectivity index (χ0v) is 16.7. The molecular formula is C23H23NO3S. The molecule has 4 rings (SSSR count). The minimum absolute atomic E-state index is 0.198. The molecule has 0 fully saturated rings. The number of hydrogen-bond acceptors (Lipinski definition) is 4. The molecule has 5 heteroatoms. The second kappa shape index (κ2) is 8.15. The van der Waals surface area contributed by atoms with E-state index in [0.717, 1.165) is 42.0 Å². The van der Waals surface area contributed by atoms with Crippen LogP contribution in [-0.4, -0.2) is 19.0 Å². The molecule has 1 aliphatic carbocycles. The van der Waals surface area contributed by atoms with Gasteiger partial charge in [0.1, 0.15) is 5.00 Å². The first-order chi connectivity index (χ1) is 13.7. The average molecular weight is 394 g/mol. The molecule has 1 N–H and O–H groups in total. The van der Waals surface area contributed by atoms with Crippen molar-refractivity contribution in [1.82, 2.24) is 0 Å². The van der Waals surface area contributed by atoms with E-state index in [4.69, 9.17) is 4.74 Å². The van der Waals surface area contributed by atoms with Gasteiger partial charge in [-0.05, 0) is 48.1 Å². The summed E-state index contributed by atoms with van der Waals surface area (Å²) in [6.07, 6.45) is 6.38. The molecular weight excluding hydrogens is 370 g/mol. The van der Waals surface area contributed by atoms with Gasteiger partial charge in [-0.2, -0.15) is 0 Å². The third-order valence-electron chi connectivity index (χ3n) is 5.32. The molecule has 2 aromatic carbocycles. The number of nitrogens with one attached hydrogen (secondary N) is 1. The number of esters is 1. The number of hydrogen-bond donors (Lipinski definition) is 1. The molecule has 144 valence electrons. The molecule has 1 amide bonds. The van der Waals surface area contributed by atoms with Crippen LogP contribution in [0.4, 0.5) is 5.00 Å². The number of ether oxygens (including phenoxy) is 1. The van der Waals surface area contributed by atoms with E-state index in [1.807, 2.05) is 42.5 Å². The highest BCUT2D eigenvalue weighted by Crippen LogP contribution is 2.38. The van der Waals surface area contributed by atoms with Gasteiger partial charge >= 0.3 is 5.97 Å². The summed E-state index contributed by atoms with van der Waals surface area (Å²) in [7, 11) is 1.39. The summed E-state index contributed by atoms with van der Waals surface area (Å²) in [6, 6.07) is 13.5. The van der Waals surface area contributed by atoms with Crippen molar-refractivity contribution in [2.45, 2.75) is 38.5 Å². The summed E-state index contributed by atoms with van der Waals surface area (Å²) < 4.78 is 5.05. The summed E-state index contributed by atoms with van der Waals surface area (Å²) in [5, 5.41) is 5.53. The predicted octanol–water partition coefficient (Wildman–Crippen LogP) is 5.60.